The number of nitrogens with one attached hydrogen (secondary N) is 1. The van der Waals surface area contributed by atoms with E-state index in [2.05, 4.69) is 15.8 Å². The van der Waals surface area contributed by atoms with E-state index in [0.717, 1.165) is 23.3 Å². The van der Waals surface area contributed by atoms with Crippen LogP contribution in [-0.2, 0) is 23.0 Å². The molecule has 1 amide bonds. The van der Waals surface area contributed by atoms with Crippen molar-refractivity contribution in [1.82, 2.24) is 9.88 Å². The first-order valence-corrected chi connectivity index (χ1v) is 11.7. The topological polar surface area (TPSA) is 88.6 Å². The van der Waals surface area contributed by atoms with E-state index in [-0.39, 0.29) is 15.9 Å². The molecule has 0 bridgehead atoms. The monoisotopic (exact) mass is 443 g/mol. The van der Waals surface area contributed by atoms with E-state index in [1.54, 1.807) is 24.0 Å². The van der Waals surface area contributed by atoms with Gasteiger partial charge in [0.15, 0.2) is 5.13 Å². The number of carbonyl (C=O) groups is 1. The normalized spacial score (nSPS) is 13.6. The lowest BCUT2D eigenvalue weighted by Crippen LogP contribution is -2.35. The van der Waals surface area contributed by atoms with Gasteiger partial charge in [-0.3, -0.25) is 9.52 Å². The summed E-state index contributed by atoms with van der Waals surface area (Å²) in [5, 5.41) is 0.170. The summed E-state index contributed by atoms with van der Waals surface area (Å²) >= 11 is 1.05. The first-order chi connectivity index (χ1) is 14.4. The molecule has 1 aliphatic rings. The molecule has 2 aromatic carbocycles. The van der Waals surface area contributed by atoms with Crippen molar-refractivity contribution in [2.75, 3.05) is 18.4 Å². The third-order valence-corrected chi connectivity index (χ3v) is 7.55. The Morgan fingerprint density at radius 3 is 2.53 bits per heavy atom. The third-order valence-electron chi connectivity index (χ3n) is 5.00. The quantitative estimate of drug-likeness (QED) is 0.652. The number of aromatic nitrogens is 1. The number of carbonyl (C=O) groups excluding carboxylic acids is 1. The number of rotatable bonds is 5. The molecule has 9 heteroatoms. The van der Waals surface area contributed by atoms with Crippen molar-refractivity contribution in [3.05, 3.63) is 70.2 Å². The number of ether oxygens (including phenoxy) is 1. The first-order valence-electron chi connectivity index (χ1n) is 9.38. The maximum atomic E-state index is 13.1. The van der Waals surface area contributed by atoms with Gasteiger partial charge in [0.05, 0.1) is 17.7 Å². The predicted octanol–water partition coefficient (Wildman–Crippen LogP) is 3.46. The average Bonchev–Trinajstić information content (AvgIpc) is 3.12. The van der Waals surface area contributed by atoms with E-state index in [1.165, 1.54) is 24.8 Å². The van der Waals surface area contributed by atoms with Crippen molar-refractivity contribution in [3.63, 3.8) is 0 Å². The fraction of sp³-hybridized carbons (Fsp3) is 0.238. The highest BCUT2D eigenvalue weighted by atomic mass is 32.2. The number of sulfonamides is 1. The molecule has 0 aliphatic carbocycles. The van der Waals surface area contributed by atoms with E-state index in [0.29, 0.717) is 29.4 Å². The minimum atomic E-state index is -3.81. The summed E-state index contributed by atoms with van der Waals surface area (Å²) in [6.07, 6.45) is 0.802. The van der Waals surface area contributed by atoms with Gasteiger partial charge in [-0.2, -0.15) is 0 Å². The maximum absolute atomic E-state index is 13.1. The zero-order valence-corrected chi connectivity index (χ0v) is 18.2. The number of thiazole rings is 1. The zero-order chi connectivity index (χ0) is 21.3. The van der Waals surface area contributed by atoms with Gasteiger partial charge in [0.1, 0.15) is 10.6 Å². The fourth-order valence-corrected chi connectivity index (χ4v) is 5.55. The number of hydrogen-bond acceptors (Lipinski definition) is 6. The highest BCUT2D eigenvalue weighted by Crippen LogP contribution is 2.28. The van der Waals surface area contributed by atoms with Crippen LogP contribution in [0.3, 0.4) is 0 Å². The highest BCUT2D eigenvalue weighted by Gasteiger charge is 2.26. The average molecular weight is 444 g/mol. The van der Waals surface area contributed by atoms with E-state index in [1.807, 2.05) is 18.2 Å². The molecule has 4 rings (SSSR count). The maximum Gasteiger partial charge on any atom is 0.266 e. The molecular formula is C21H21N3O4S2. The molecule has 0 spiro atoms. The Balaban J connectivity index is 1.52. The summed E-state index contributed by atoms with van der Waals surface area (Å²) in [6.45, 7) is 2.88. The van der Waals surface area contributed by atoms with Gasteiger partial charge in [-0.15, -0.1) is 0 Å². The molecule has 1 aliphatic heterocycles. The lowest BCUT2D eigenvalue weighted by Gasteiger charge is -2.28. The van der Waals surface area contributed by atoms with Gasteiger partial charge in [0.25, 0.3) is 15.9 Å². The Morgan fingerprint density at radius 1 is 1.13 bits per heavy atom. The molecule has 0 saturated carbocycles. The van der Waals surface area contributed by atoms with Crippen LogP contribution in [0.25, 0.3) is 0 Å². The zero-order valence-electron chi connectivity index (χ0n) is 16.6. The van der Waals surface area contributed by atoms with Crippen LogP contribution in [0.15, 0.2) is 53.4 Å². The number of methoxy groups -OCH3 is 1. The van der Waals surface area contributed by atoms with Gasteiger partial charge in [-0.1, -0.05) is 35.6 Å². The third kappa shape index (κ3) is 4.03. The van der Waals surface area contributed by atoms with Crippen molar-refractivity contribution in [2.45, 2.75) is 24.8 Å². The number of benzene rings is 2. The minimum absolute atomic E-state index is 0.0941. The van der Waals surface area contributed by atoms with Crippen molar-refractivity contribution >= 4 is 32.4 Å². The van der Waals surface area contributed by atoms with Crippen molar-refractivity contribution in [1.29, 1.82) is 0 Å². The molecule has 0 fully saturated rings. The SMILES string of the molecule is COc1ccc(S(=O)(=O)Nc2nc(C)c(C(=O)N3CCc4ccccc4C3)s2)cc1. The van der Waals surface area contributed by atoms with Crippen LogP contribution in [0.5, 0.6) is 5.75 Å². The van der Waals surface area contributed by atoms with Gasteiger partial charge in [0.2, 0.25) is 0 Å². The molecule has 7 nitrogen and oxygen atoms in total. The number of anilines is 1. The van der Waals surface area contributed by atoms with Crippen molar-refractivity contribution in [3.8, 4) is 5.75 Å². The lowest BCUT2D eigenvalue weighted by molar-refractivity contribution is 0.0738. The van der Waals surface area contributed by atoms with Crippen LogP contribution in [-0.4, -0.2) is 37.9 Å². The summed E-state index contributed by atoms with van der Waals surface area (Å²) in [6, 6.07) is 14.2. The van der Waals surface area contributed by atoms with Crippen molar-refractivity contribution in [2.24, 2.45) is 0 Å². The van der Waals surface area contributed by atoms with Crippen LogP contribution >= 0.6 is 11.3 Å². The Morgan fingerprint density at radius 2 is 1.83 bits per heavy atom. The first kappa shape index (κ1) is 20.4. The second kappa shape index (κ2) is 8.08. The Hall–Kier alpha value is -2.91. The van der Waals surface area contributed by atoms with Gasteiger partial charge in [-0.05, 0) is 48.7 Å². The van der Waals surface area contributed by atoms with E-state index < -0.39 is 10.0 Å². The van der Waals surface area contributed by atoms with E-state index >= 15 is 0 Å². The van der Waals surface area contributed by atoms with Gasteiger partial charge in [0, 0.05) is 13.1 Å². The molecule has 0 unspecified atom stereocenters. The van der Waals surface area contributed by atoms with Gasteiger partial charge in [-0.25, -0.2) is 13.4 Å². The van der Waals surface area contributed by atoms with Crippen LogP contribution in [0.4, 0.5) is 5.13 Å². The lowest BCUT2D eigenvalue weighted by atomic mass is 10.00. The summed E-state index contributed by atoms with van der Waals surface area (Å²) in [5.74, 6) is 0.435. The molecule has 1 N–H and O–H groups in total. The van der Waals surface area contributed by atoms with E-state index in [4.69, 9.17) is 4.74 Å². The van der Waals surface area contributed by atoms with Crippen LogP contribution in [0.2, 0.25) is 0 Å². The standard InChI is InChI=1S/C21H21N3O4S2/c1-14-19(20(25)24-12-11-15-5-3-4-6-16(15)13-24)29-21(22-14)23-30(26,27)18-9-7-17(28-2)8-10-18/h3-10H,11-13H2,1-2H3,(H,22,23). The largest absolute Gasteiger partial charge is 0.497 e. The van der Waals surface area contributed by atoms with Crippen molar-refractivity contribution < 1.29 is 17.9 Å². The molecule has 156 valence electrons. The Labute approximate surface area is 179 Å². The van der Waals surface area contributed by atoms with Gasteiger partial charge < -0.3 is 9.64 Å². The molecule has 2 heterocycles. The van der Waals surface area contributed by atoms with Gasteiger partial charge >= 0.3 is 0 Å². The number of aryl methyl sites for hydroxylation is 1. The number of amides is 1. The fourth-order valence-electron chi connectivity index (χ4n) is 3.38. The summed E-state index contributed by atoms with van der Waals surface area (Å²) < 4.78 is 32.8. The summed E-state index contributed by atoms with van der Waals surface area (Å²) in [5.41, 5.74) is 2.91. The smallest absolute Gasteiger partial charge is 0.266 e. The molecule has 3 aromatic rings. The minimum Gasteiger partial charge on any atom is -0.497 e. The van der Waals surface area contributed by atoms with Crippen LogP contribution < -0.4 is 9.46 Å². The van der Waals surface area contributed by atoms with Crippen LogP contribution in [0, 0.1) is 6.92 Å². The summed E-state index contributed by atoms with van der Waals surface area (Å²) in [4.78, 5) is 19.6. The molecular weight excluding hydrogens is 422 g/mol. The predicted molar refractivity (Wildman–Crippen MR) is 116 cm³/mol. The highest BCUT2D eigenvalue weighted by molar-refractivity contribution is 7.93. The molecule has 0 saturated heterocycles. The second-order valence-electron chi connectivity index (χ2n) is 6.96. The summed E-state index contributed by atoms with van der Waals surface area (Å²) in [7, 11) is -2.30. The molecule has 30 heavy (non-hydrogen) atoms. The second-order valence-corrected chi connectivity index (χ2v) is 9.64. The molecule has 1 aromatic heterocycles. The van der Waals surface area contributed by atoms with Crippen LogP contribution in [0.1, 0.15) is 26.5 Å². The molecule has 0 atom stereocenters. The molecule has 0 radical (unpaired) electrons. The number of hydrogen-bond donors (Lipinski definition) is 1. The van der Waals surface area contributed by atoms with E-state index in [9.17, 15) is 13.2 Å². The Kier molecular flexibility index (Phi) is 5.48. The number of fused-ring (bicyclic) bond motifs is 1. The Bertz CT molecular complexity index is 1190. The number of nitrogens with zero attached hydrogens (tertiary/aromatic N) is 2.